The molecule has 1 aromatic carbocycles. The Morgan fingerprint density at radius 2 is 2.10 bits per heavy atom. The molecule has 1 aromatic heterocycles. The molecule has 21 heavy (non-hydrogen) atoms. The number of likely N-dealkylation sites (tertiary alicyclic amines) is 1. The van der Waals surface area contributed by atoms with Gasteiger partial charge in [0, 0.05) is 23.2 Å². The molecule has 0 bridgehead atoms. The molecule has 2 fully saturated rings. The Labute approximate surface area is 130 Å². The summed E-state index contributed by atoms with van der Waals surface area (Å²) in [7, 11) is 0. The molecule has 0 amide bonds. The largest absolute Gasteiger partial charge is 0.393 e. The lowest BCUT2D eigenvalue weighted by Gasteiger charge is -2.42. The minimum atomic E-state index is -0.0699. The molecule has 2 nitrogen and oxygen atoms in total. The van der Waals surface area contributed by atoms with Crippen LogP contribution in [0.5, 0.6) is 0 Å². The number of aliphatic hydroxyl groups excluding tert-OH is 1. The summed E-state index contributed by atoms with van der Waals surface area (Å²) in [5, 5.41) is 14.1. The molecule has 0 unspecified atom stereocenters. The van der Waals surface area contributed by atoms with Crippen molar-refractivity contribution in [2.24, 2.45) is 5.41 Å². The lowest BCUT2D eigenvalue weighted by Crippen LogP contribution is -2.46. The minimum Gasteiger partial charge on any atom is -0.393 e. The van der Waals surface area contributed by atoms with Gasteiger partial charge in [0.15, 0.2) is 0 Å². The van der Waals surface area contributed by atoms with Gasteiger partial charge >= 0.3 is 0 Å². The third kappa shape index (κ3) is 2.41. The lowest BCUT2D eigenvalue weighted by atomic mass is 9.76. The van der Waals surface area contributed by atoms with Gasteiger partial charge in [-0.05, 0) is 54.6 Å². The maximum absolute atomic E-state index is 10.4. The van der Waals surface area contributed by atoms with Crippen molar-refractivity contribution in [1.82, 2.24) is 4.90 Å². The standard InChI is InChI=1S/C18H23NOS/c20-17-7-3-8-18(17)9-4-10-19(13-18)11-14-12-21-16-6-2-1-5-15(14)16/h1-2,5-6,12,17,20H,3-4,7-11,13H2/t17-,18+/m1/s1. The molecule has 0 radical (unpaired) electrons. The van der Waals surface area contributed by atoms with Crippen molar-refractivity contribution in [3.63, 3.8) is 0 Å². The van der Waals surface area contributed by atoms with Crippen molar-refractivity contribution >= 4 is 21.4 Å². The van der Waals surface area contributed by atoms with E-state index in [1.807, 2.05) is 11.3 Å². The third-order valence-corrected chi connectivity index (χ3v) is 6.51. The number of aliphatic hydroxyl groups is 1. The highest BCUT2D eigenvalue weighted by Crippen LogP contribution is 2.45. The molecule has 1 saturated heterocycles. The summed E-state index contributed by atoms with van der Waals surface area (Å²) in [5.74, 6) is 0. The van der Waals surface area contributed by atoms with Crippen LogP contribution in [0.15, 0.2) is 29.6 Å². The smallest absolute Gasteiger partial charge is 0.0608 e. The molecule has 2 aliphatic rings. The Kier molecular flexibility index (Phi) is 3.52. The fraction of sp³-hybridized carbons (Fsp3) is 0.556. The molecule has 1 aliphatic heterocycles. The van der Waals surface area contributed by atoms with Crippen LogP contribution >= 0.6 is 11.3 Å². The summed E-state index contributed by atoms with van der Waals surface area (Å²) >= 11 is 1.85. The Morgan fingerprint density at radius 1 is 1.24 bits per heavy atom. The lowest BCUT2D eigenvalue weighted by molar-refractivity contribution is -0.0118. The Bertz CT molecular complexity index is 637. The van der Waals surface area contributed by atoms with Gasteiger partial charge in [0.25, 0.3) is 0 Å². The second-order valence-corrected chi connectivity index (χ2v) is 7.75. The fourth-order valence-corrected chi connectivity index (χ4v) is 5.34. The van der Waals surface area contributed by atoms with Gasteiger partial charge in [-0.15, -0.1) is 11.3 Å². The quantitative estimate of drug-likeness (QED) is 0.905. The average molecular weight is 301 g/mol. The summed E-state index contributed by atoms with van der Waals surface area (Å²) in [6.45, 7) is 3.30. The van der Waals surface area contributed by atoms with E-state index in [4.69, 9.17) is 0 Å². The maximum Gasteiger partial charge on any atom is 0.0608 e. The Morgan fingerprint density at radius 3 is 2.95 bits per heavy atom. The van der Waals surface area contributed by atoms with Crippen LogP contribution < -0.4 is 0 Å². The normalized spacial score (nSPS) is 30.4. The molecule has 1 saturated carbocycles. The summed E-state index contributed by atoms with van der Waals surface area (Å²) in [5.41, 5.74) is 1.66. The van der Waals surface area contributed by atoms with Gasteiger partial charge in [-0.3, -0.25) is 4.90 Å². The fourth-order valence-electron chi connectivity index (χ4n) is 4.39. The third-order valence-electron chi connectivity index (χ3n) is 5.50. The van der Waals surface area contributed by atoms with Crippen molar-refractivity contribution in [2.75, 3.05) is 13.1 Å². The number of thiophene rings is 1. The van der Waals surface area contributed by atoms with E-state index in [1.54, 1.807) is 0 Å². The van der Waals surface area contributed by atoms with Crippen molar-refractivity contribution in [3.05, 3.63) is 35.2 Å². The predicted molar refractivity (Wildman–Crippen MR) is 88.6 cm³/mol. The first-order valence-electron chi connectivity index (χ1n) is 8.12. The molecule has 2 atom stereocenters. The number of nitrogens with zero attached hydrogens (tertiary/aromatic N) is 1. The van der Waals surface area contributed by atoms with E-state index in [0.29, 0.717) is 0 Å². The molecule has 2 aromatic rings. The Hall–Kier alpha value is -0.900. The molecule has 1 spiro atoms. The average Bonchev–Trinajstić information content (AvgIpc) is 3.05. The van der Waals surface area contributed by atoms with Gasteiger partial charge in [0.1, 0.15) is 0 Å². The van der Waals surface area contributed by atoms with Crippen molar-refractivity contribution < 1.29 is 5.11 Å². The highest BCUT2D eigenvalue weighted by molar-refractivity contribution is 7.17. The van der Waals surface area contributed by atoms with Crippen molar-refractivity contribution in [2.45, 2.75) is 44.8 Å². The Balaban J connectivity index is 1.54. The molecule has 112 valence electrons. The molecule has 1 N–H and O–H groups in total. The maximum atomic E-state index is 10.4. The van der Waals surface area contributed by atoms with Crippen LogP contribution in [0.2, 0.25) is 0 Å². The summed E-state index contributed by atoms with van der Waals surface area (Å²) < 4.78 is 1.39. The van der Waals surface area contributed by atoms with Crippen molar-refractivity contribution in [3.8, 4) is 0 Å². The van der Waals surface area contributed by atoms with E-state index in [9.17, 15) is 5.11 Å². The number of hydrogen-bond donors (Lipinski definition) is 1. The minimum absolute atomic E-state index is 0.0699. The summed E-state index contributed by atoms with van der Waals surface area (Å²) in [6, 6.07) is 8.71. The van der Waals surface area contributed by atoms with Gasteiger partial charge in [-0.25, -0.2) is 0 Å². The van der Waals surface area contributed by atoms with E-state index < -0.39 is 0 Å². The second kappa shape index (κ2) is 5.38. The molecule has 4 rings (SSSR count). The first kappa shape index (κ1) is 13.7. The SMILES string of the molecule is O[C@@H]1CCC[C@@]12CCCN(Cc1csc3ccccc13)C2. The molecule has 1 aliphatic carbocycles. The van der Waals surface area contributed by atoms with Crippen molar-refractivity contribution in [1.29, 1.82) is 0 Å². The van der Waals surface area contributed by atoms with E-state index in [0.717, 1.165) is 19.5 Å². The molecule has 2 heterocycles. The van der Waals surface area contributed by atoms with E-state index in [1.165, 1.54) is 47.9 Å². The van der Waals surface area contributed by atoms with Crippen LogP contribution in [0, 0.1) is 5.41 Å². The zero-order valence-electron chi connectivity index (χ0n) is 12.4. The molecular weight excluding hydrogens is 278 g/mol. The predicted octanol–water partition coefficient (Wildman–Crippen LogP) is 4.03. The highest BCUT2D eigenvalue weighted by atomic mass is 32.1. The van der Waals surface area contributed by atoms with Gasteiger partial charge in [-0.1, -0.05) is 24.6 Å². The number of piperidine rings is 1. The van der Waals surface area contributed by atoms with E-state index >= 15 is 0 Å². The topological polar surface area (TPSA) is 23.5 Å². The van der Waals surface area contributed by atoms with Gasteiger partial charge in [-0.2, -0.15) is 0 Å². The molecular formula is C18H23NOS. The van der Waals surface area contributed by atoms with E-state index in [-0.39, 0.29) is 11.5 Å². The molecule has 3 heteroatoms. The van der Waals surface area contributed by atoms with Crippen LogP contribution in [0.1, 0.15) is 37.7 Å². The van der Waals surface area contributed by atoms with Gasteiger partial charge in [0.2, 0.25) is 0 Å². The summed E-state index contributed by atoms with van der Waals surface area (Å²) in [4.78, 5) is 2.58. The highest BCUT2D eigenvalue weighted by Gasteiger charge is 2.44. The number of rotatable bonds is 2. The summed E-state index contributed by atoms with van der Waals surface area (Å²) in [6.07, 6.45) is 5.81. The van der Waals surface area contributed by atoms with Gasteiger partial charge < -0.3 is 5.11 Å². The van der Waals surface area contributed by atoms with Crippen LogP contribution in [0.3, 0.4) is 0 Å². The second-order valence-electron chi connectivity index (χ2n) is 6.84. The van der Waals surface area contributed by atoms with E-state index in [2.05, 4.69) is 34.5 Å². The van der Waals surface area contributed by atoms with Crippen LogP contribution in [-0.2, 0) is 6.54 Å². The first-order valence-corrected chi connectivity index (χ1v) is 9.00. The monoisotopic (exact) mass is 301 g/mol. The number of benzene rings is 1. The zero-order valence-corrected chi connectivity index (χ0v) is 13.2. The van der Waals surface area contributed by atoms with Gasteiger partial charge in [0.05, 0.1) is 6.10 Å². The van der Waals surface area contributed by atoms with Crippen LogP contribution in [-0.4, -0.2) is 29.2 Å². The van der Waals surface area contributed by atoms with Crippen LogP contribution in [0.25, 0.3) is 10.1 Å². The zero-order chi connectivity index (χ0) is 14.3. The number of fused-ring (bicyclic) bond motifs is 1. The first-order chi connectivity index (χ1) is 10.3. The van der Waals surface area contributed by atoms with Crippen LogP contribution in [0.4, 0.5) is 0 Å². The number of hydrogen-bond acceptors (Lipinski definition) is 3.